The van der Waals surface area contributed by atoms with Crippen LogP contribution in [0.4, 0.5) is 10.1 Å². The number of ether oxygens (including phenoxy) is 1. The Hall–Kier alpha value is -2.96. The molecule has 32 heavy (non-hydrogen) atoms. The summed E-state index contributed by atoms with van der Waals surface area (Å²) in [7, 11) is 0. The zero-order chi connectivity index (χ0) is 22.6. The minimum atomic E-state index is -0.631. The molecule has 0 saturated carbocycles. The Labute approximate surface area is 187 Å². The van der Waals surface area contributed by atoms with Crippen molar-refractivity contribution in [2.45, 2.75) is 51.5 Å². The lowest BCUT2D eigenvalue weighted by Gasteiger charge is -2.24. The summed E-state index contributed by atoms with van der Waals surface area (Å²) >= 11 is 0. The van der Waals surface area contributed by atoms with Crippen LogP contribution in [0.15, 0.2) is 54.3 Å². The van der Waals surface area contributed by atoms with Gasteiger partial charge in [-0.15, -0.1) is 0 Å². The van der Waals surface area contributed by atoms with Crippen LogP contribution < -0.4 is 5.32 Å². The van der Waals surface area contributed by atoms with Gasteiger partial charge in [-0.1, -0.05) is 24.3 Å². The number of rotatable bonds is 3. The highest BCUT2D eigenvalue weighted by Gasteiger charge is 2.38. The number of hydrogen-bond donors (Lipinski definition) is 2. The van der Waals surface area contributed by atoms with Crippen LogP contribution in [0.2, 0.25) is 0 Å². The number of allylic oxidation sites excluding steroid dienone is 1. The van der Waals surface area contributed by atoms with Crippen LogP contribution in [0.1, 0.15) is 43.9 Å². The smallest absolute Gasteiger partial charge is 0.260 e. The summed E-state index contributed by atoms with van der Waals surface area (Å²) in [5.74, 6) is -0.225. The fourth-order valence-corrected chi connectivity index (χ4v) is 4.92. The quantitative estimate of drug-likeness (QED) is 0.706. The highest BCUT2D eigenvalue weighted by Crippen LogP contribution is 2.44. The van der Waals surface area contributed by atoms with Crippen LogP contribution in [0, 0.1) is 5.82 Å². The molecule has 2 aromatic rings. The fraction of sp³-hybridized carbons (Fsp3) is 0.346. The van der Waals surface area contributed by atoms with E-state index in [0.29, 0.717) is 35.2 Å². The number of likely N-dealkylation sites (tertiary alicyclic amines) is 1. The predicted octanol–water partition coefficient (Wildman–Crippen LogP) is 4.34. The first-order valence-electron chi connectivity index (χ1n) is 11.0. The zero-order valence-electron chi connectivity index (χ0n) is 18.5. The second-order valence-corrected chi connectivity index (χ2v) is 9.42. The number of aliphatic hydroxyl groups excluding tert-OH is 1. The molecule has 5 rings (SSSR count). The lowest BCUT2D eigenvalue weighted by Crippen LogP contribution is -2.27. The van der Waals surface area contributed by atoms with Crippen molar-refractivity contribution in [3.63, 3.8) is 0 Å². The van der Waals surface area contributed by atoms with Crippen molar-refractivity contribution in [3.05, 3.63) is 76.8 Å². The van der Waals surface area contributed by atoms with E-state index in [1.54, 1.807) is 6.07 Å². The van der Waals surface area contributed by atoms with Gasteiger partial charge in [0.1, 0.15) is 17.2 Å². The maximum absolute atomic E-state index is 13.8. The maximum atomic E-state index is 13.8. The summed E-state index contributed by atoms with van der Waals surface area (Å²) in [6.45, 7) is 7.58. The predicted molar refractivity (Wildman–Crippen MR) is 122 cm³/mol. The molecular weight excluding hydrogens is 407 g/mol. The number of fused-ring (bicyclic) bond motifs is 1. The van der Waals surface area contributed by atoms with Gasteiger partial charge >= 0.3 is 0 Å². The van der Waals surface area contributed by atoms with E-state index < -0.39 is 11.4 Å². The fourth-order valence-electron chi connectivity index (χ4n) is 4.92. The minimum Gasteiger partial charge on any atom is -0.482 e. The number of benzene rings is 2. The first kappa shape index (κ1) is 20.9. The number of hydrogen-bond acceptors (Lipinski definition) is 4. The van der Waals surface area contributed by atoms with Gasteiger partial charge in [0.25, 0.3) is 5.91 Å². The molecule has 6 heteroatoms. The van der Waals surface area contributed by atoms with E-state index >= 15 is 0 Å². The normalized spacial score (nSPS) is 26.7. The number of nitrogens with one attached hydrogen (secondary N) is 1. The lowest BCUT2D eigenvalue weighted by atomic mass is 9.91. The average molecular weight is 435 g/mol. The largest absolute Gasteiger partial charge is 0.482 e. The van der Waals surface area contributed by atoms with Crippen molar-refractivity contribution in [1.29, 1.82) is 0 Å². The number of nitrogens with zero attached hydrogens (tertiary/aromatic N) is 1. The van der Waals surface area contributed by atoms with Gasteiger partial charge < -0.3 is 15.2 Å². The van der Waals surface area contributed by atoms with Crippen molar-refractivity contribution < 1.29 is 19.0 Å². The van der Waals surface area contributed by atoms with Crippen molar-refractivity contribution in [2.75, 3.05) is 11.9 Å². The van der Waals surface area contributed by atoms with Crippen LogP contribution in [-0.2, 0) is 16.1 Å². The van der Waals surface area contributed by atoms with Gasteiger partial charge in [0.2, 0.25) is 0 Å². The van der Waals surface area contributed by atoms with Crippen LogP contribution in [0.5, 0.6) is 0 Å². The summed E-state index contributed by atoms with van der Waals surface area (Å²) in [5, 5.41) is 12.7. The van der Waals surface area contributed by atoms with Crippen LogP contribution >= 0.6 is 0 Å². The van der Waals surface area contributed by atoms with Gasteiger partial charge in [-0.2, -0.15) is 0 Å². The van der Waals surface area contributed by atoms with Gasteiger partial charge in [0, 0.05) is 36.0 Å². The Morgan fingerprint density at radius 2 is 1.97 bits per heavy atom. The number of halogens is 1. The van der Waals surface area contributed by atoms with E-state index in [0.717, 1.165) is 24.1 Å². The standard InChI is InChI=1S/C26H27FN2O3/c1-15-10-19(30)14-29(15)13-16-4-6-17(7-5-16)21-12-23(32-26(21,2)3)24-20-11-18(27)8-9-22(20)28-25(24)31/h4-9,11-12,15,19,30H,10,13-14H2,1-3H3,(H,28,31)/b24-23+/t15-,19-/m1/s1. The molecular formula is C26H27FN2O3. The highest BCUT2D eigenvalue weighted by atomic mass is 19.1. The number of β-amino-alcohol motifs (C(OH)–C–C–N with tert-alkyl or cyclic N) is 1. The van der Waals surface area contributed by atoms with Crippen LogP contribution in [-0.4, -0.2) is 40.2 Å². The topological polar surface area (TPSA) is 61.8 Å². The van der Waals surface area contributed by atoms with Gasteiger partial charge in [0.05, 0.1) is 11.7 Å². The first-order valence-corrected chi connectivity index (χ1v) is 11.0. The molecule has 2 N–H and O–H groups in total. The Balaban J connectivity index is 1.45. The first-order chi connectivity index (χ1) is 15.2. The molecule has 3 aliphatic rings. The third-order valence-electron chi connectivity index (χ3n) is 6.59. The van der Waals surface area contributed by atoms with Gasteiger partial charge in [-0.3, -0.25) is 9.69 Å². The van der Waals surface area contributed by atoms with Crippen molar-refractivity contribution in [1.82, 2.24) is 4.90 Å². The number of amides is 1. The summed E-state index contributed by atoms with van der Waals surface area (Å²) in [6.07, 6.45) is 2.46. The number of anilines is 1. The van der Waals surface area contributed by atoms with Crippen LogP contribution in [0.3, 0.4) is 0 Å². The molecule has 5 nitrogen and oxygen atoms in total. The Bertz CT molecular complexity index is 1150. The summed E-state index contributed by atoms with van der Waals surface area (Å²) in [5.41, 5.74) is 4.01. The molecule has 1 saturated heterocycles. The molecule has 1 amide bonds. The summed E-state index contributed by atoms with van der Waals surface area (Å²) in [4.78, 5) is 14.9. The summed E-state index contributed by atoms with van der Waals surface area (Å²) in [6, 6.07) is 13.0. The van der Waals surface area contributed by atoms with Crippen molar-refractivity contribution in [2.24, 2.45) is 0 Å². The van der Waals surface area contributed by atoms with E-state index in [2.05, 4.69) is 41.4 Å². The Morgan fingerprint density at radius 3 is 2.66 bits per heavy atom. The molecule has 2 aromatic carbocycles. The van der Waals surface area contributed by atoms with E-state index in [1.165, 1.54) is 17.7 Å². The van der Waals surface area contributed by atoms with E-state index in [1.807, 2.05) is 19.9 Å². The molecule has 0 unspecified atom stereocenters. The number of carbonyl (C=O) groups is 1. The van der Waals surface area contributed by atoms with Crippen molar-refractivity contribution >= 4 is 22.7 Å². The second kappa shape index (κ2) is 7.57. The SMILES string of the molecule is C[C@@H]1C[C@@H](O)CN1Cc1ccc(C2=C/C(=C3\C(=O)Nc4ccc(F)cc43)OC2(C)C)cc1. The van der Waals surface area contributed by atoms with Gasteiger partial charge in [-0.25, -0.2) is 4.39 Å². The molecule has 3 aliphatic heterocycles. The van der Waals surface area contributed by atoms with Crippen LogP contribution in [0.25, 0.3) is 11.1 Å². The Morgan fingerprint density at radius 1 is 1.22 bits per heavy atom. The lowest BCUT2D eigenvalue weighted by molar-refractivity contribution is -0.111. The number of carbonyl (C=O) groups excluding carboxylic acids is 1. The molecule has 2 atom stereocenters. The number of aliphatic hydroxyl groups is 1. The molecule has 0 aliphatic carbocycles. The van der Waals surface area contributed by atoms with E-state index in [9.17, 15) is 14.3 Å². The average Bonchev–Trinajstić information content (AvgIpc) is 3.33. The Kier molecular flexibility index (Phi) is 4.95. The third-order valence-corrected chi connectivity index (χ3v) is 6.59. The molecule has 0 spiro atoms. The summed E-state index contributed by atoms with van der Waals surface area (Å²) < 4.78 is 20.0. The van der Waals surface area contributed by atoms with Gasteiger partial charge in [-0.05, 0) is 62.6 Å². The van der Waals surface area contributed by atoms with Crippen molar-refractivity contribution in [3.8, 4) is 0 Å². The van der Waals surface area contributed by atoms with E-state index in [4.69, 9.17) is 4.74 Å². The van der Waals surface area contributed by atoms with E-state index in [-0.39, 0.29) is 12.0 Å². The molecule has 0 bridgehead atoms. The van der Waals surface area contributed by atoms with Gasteiger partial charge in [0.15, 0.2) is 0 Å². The maximum Gasteiger partial charge on any atom is 0.260 e. The molecule has 0 radical (unpaired) electrons. The third kappa shape index (κ3) is 3.63. The molecule has 166 valence electrons. The zero-order valence-corrected chi connectivity index (χ0v) is 18.5. The monoisotopic (exact) mass is 434 g/mol. The second-order valence-electron chi connectivity index (χ2n) is 9.42. The minimum absolute atomic E-state index is 0.247. The molecule has 3 heterocycles. The molecule has 1 fully saturated rings. The highest BCUT2D eigenvalue weighted by molar-refractivity contribution is 6.32. The molecule has 0 aromatic heterocycles.